The van der Waals surface area contributed by atoms with E-state index in [1.807, 2.05) is 0 Å². The first-order valence-corrected chi connectivity index (χ1v) is 7.37. The van der Waals surface area contributed by atoms with Gasteiger partial charge in [-0.3, -0.25) is 0 Å². The number of hydrogen-bond donors (Lipinski definition) is 0. The minimum absolute atomic E-state index is 0.361. The fourth-order valence-electron chi connectivity index (χ4n) is 3.90. The summed E-state index contributed by atoms with van der Waals surface area (Å²) in [5, 5.41) is 2.73. The van der Waals surface area contributed by atoms with Crippen LogP contribution in [0.5, 0.6) is 0 Å². The maximum absolute atomic E-state index is 4.37. The van der Waals surface area contributed by atoms with Crippen LogP contribution in [0.4, 0.5) is 0 Å². The van der Waals surface area contributed by atoms with Crippen molar-refractivity contribution in [3.05, 3.63) is 95.1 Å². The summed E-state index contributed by atoms with van der Waals surface area (Å²) >= 11 is 0. The summed E-state index contributed by atoms with van der Waals surface area (Å²) in [5.41, 5.74) is 7.90. The molecule has 2 aliphatic rings. The summed E-state index contributed by atoms with van der Waals surface area (Å²) in [5.74, 6) is 0.361. The zero-order valence-electron chi connectivity index (χ0n) is 11.6. The van der Waals surface area contributed by atoms with Crippen LogP contribution in [0.1, 0.15) is 33.7 Å². The van der Waals surface area contributed by atoms with E-state index in [0.29, 0.717) is 5.92 Å². The molecular formula is C21H14. The van der Waals surface area contributed by atoms with Crippen molar-refractivity contribution in [1.82, 2.24) is 0 Å². The lowest BCUT2D eigenvalue weighted by atomic mass is 9.71. The Bertz CT molecular complexity index is 957. The smallest absolute Gasteiger partial charge is 0.0291 e. The average Bonchev–Trinajstić information content (AvgIpc) is 2.55. The van der Waals surface area contributed by atoms with Crippen LogP contribution in [0.3, 0.4) is 0 Å². The van der Waals surface area contributed by atoms with Gasteiger partial charge in [-0.1, -0.05) is 73.3 Å². The van der Waals surface area contributed by atoms with Gasteiger partial charge in [0, 0.05) is 5.92 Å². The lowest BCUT2D eigenvalue weighted by molar-refractivity contribution is 1.01. The molecule has 0 nitrogen and oxygen atoms in total. The van der Waals surface area contributed by atoms with E-state index in [1.165, 1.54) is 38.6 Å². The minimum Gasteiger partial charge on any atom is -0.0905 e. The topological polar surface area (TPSA) is 0 Å². The van der Waals surface area contributed by atoms with Crippen molar-refractivity contribution in [3.8, 4) is 0 Å². The summed E-state index contributed by atoms with van der Waals surface area (Å²) in [6.07, 6.45) is 4.61. The highest BCUT2D eigenvalue weighted by atomic mass is 14.3. The fraction of sp³-hybridized carbons (Fsp3) is 0.0476. The summed E-state index contributed by atoms with van der Waals surface area (Å²) < 4.78 is 0. The molecule has 5 rings (SSSR count). The molecule has 0 radical (unpaired) electrons. The van der Waals surface area contributed by atoms with Crippen LogP contribution in [-0.2, 0) is 0 Å². The van der Waals surface area contributed by atoms with E-state index in [4.69, 9.17) is 0 Å². The highest BCUT2D eigenvalue weighted by Crippen LogP contribution is 2.48. The summed E-state index contributed by atoms with van der Waals surface area (Å²) in [6.45, 7) is 4.37. The Morgan fingerprint density at radius 3 is 2.67 bits per heavy atom. The molecule has 1 unspecified atom stereocenters. The Balaban J connectivity index is 1.98. The van der Waals surface area contributed by atoms with E-state index < -0.39 is 0 Å². The van der Waals surface area contributed by atoms with Gasteiger partial charge >= 0.3 is 0 Å². The maximum Gasteiger partial charge on any atom is 0.0291 e. The first-order chi connectivity index (χ1) is 10.3. The van der Waals surface area contributed by atoms with Gasteiger partial charge in [-0.25, -0.2) is 0 Å². The molecule has 1 atom stereocenters. The van der Waals surface area contributed by atoms with Crippen molar-refractivity contribution in [2.24, 2.45) is 0 Å². The highest BCUT2D eigenvalue weighted by molar-refractivity contribution is 6.02. The average molecular weight is 266 g/mol. The molecule has 3 aromatic carbocycles. The van der Waals surface area contributed by atoms with Crippen LogP contribution in [0.25, 0.3) is 22.4 Å². The van der Waals surface area contributed by atoms with Gasteiger partial charge in [0.15, 0.2) is 0 Å². The lowest BCUT2D eigenvalue weighted by Gasteiger charge is -2.32. The standard InChI is InChI=1S/C21H14/c1-13-16-7-2-3-8-18(16)19-12-10-15-6-4-5-14-9-11-17(13)21(19)20(14)15/h2-12,19H,1H2. The first-order valence-electron chi connectivity index (χ1n) is 7.37. The molecule has 0 N–H and O–H groups in total. The minimum atomic E-state index is 0.361. The Kier molecular flexibility index (Phi) is 1.97. The van der Waals surface area contributed by atoms with Crippen LogP contribution in [0.15, 0.2) is 67.3 Å². The van der Waals surface area contributed by atoms with Crippen molar-refractivity contribution < 1.29 is 0 Å². The van der Waals surface area contributed by atoms with E-state index >= 15 is 0 Å². The van der Waals surface area contributed by atoms with Gasteiger partial charge in [0.2, 0.25) is 0 Å². The summed E-state index contributed by atoms with van der Waals surface area (Å²) in [4.78, 5) is 0. The van der Waals surface area contributed by atoms with Crippen molar-refractivity contribution in [2.75, 3.05) is 0 Å². The van der Waals surface area contributed by atoms with Gasteiger partial charge in [0.25, 0.3) is 0 Å². The van der Waals surface area contributed by atoms with E-state index in [9.17, 15) is 0 Å². The van der Waals surface area contributed by atoms with Crippen LogP contribution in [-0.4, -0.2) is 0 Å². The Morgan fingerprint density at radius 2 is 1.71 bits per heavy atom. The van der Waals surface area contributed by atoms with Crippen LogP contribution in [0, 0.1) is 0 Å². The third-order valence-corrected chi connectivity index (χ3v) is 4.84. The van der Waals surface area contributed by atoms with Gasteiger partial charge < -0.3 is 0 Å². The molecule has 0 aromatic heterocycles. The number of hydrogen-bond acceptors (Lipinski definition) is 0. The van der Waals surface area contributed by atoms with Gasteiger partial charge in [-0.05, 0) is 44.2 Å². The predicted octanol–water partition coefficient (Wildman–Crippen LogP) is 5.37. The summed E-state index contributed by atoms with van der Waals surface area (Å²) in [6, 6.07) is 19.7. The predicted molar refractivity (Wildman–Crippen MR) is 89.4 cm³/mol. The molecule has 0 saturated heterocycles. The third kappa shape index (κ3) is 1.30. The largest absolute Gasteiger partial charge is 0.0905 e. The molecule has 2 aliphatic carbocycles. The van der Waals surface area contributed by atoms with Crippen LogP contribution in [0.2, 0.25) is 0 Å². The van der Waals surface area contributed by atoms with Crippen molar-refractivity contribution in [3.63, 3.8) is 0 Å². The van der Waals surface area contributed by atoms with E-state index in [1.54, 1.807) is 0 Å². The molecular weight excluding hydrogens is 252 g/mol. The Labute approximate surface area is 124 Å². The highest BCUT2D eigenvalue weighted by Gasteiger charge is 2.29. The van der Waals surface area contributed by atoms with Gasteiger partial charge in [0.1, 0.15) is 0 Å². The monoisotopic (exact) mass is 266 g/mol. The van der Waals surface area contributed by atoms with E-state index in [-0.39, 0.29) is 0 Å². The number of rotatable bonds is 0. The molecule has 0 saturated carbocycles. The van der Waals surface area contributed by atoms with Gasteiger partial charge in [-0.15, -0.1) is 0 Å². The Hall–Kier alpha value is -2.60. The molecule has 0 bridgehead atoms. The van der Waals surface area contributed by atoms with Crippen molar-refractivity contribution >= 4 is 22.4 Å². The molecule has 0 heteroatoms. The SMILES string of the molecule is C=C1c2ccccc2C2C=Cc3cccc4ccc1c2c34. The van der Waals surface area contributed by atoms with Gasteiger partial charge in [0.05, 0.1) is 0 Å². The van der Waals surface area contributed by atoms with E-state index in [0.717, 1.165) is 5.57 Å². The zero-order chi connectivity index (χ0) is 14.0. The molecule has 98 valence electrons. The van der Waals surface area contributed by atoms with Crippen LogP contribution >= 0.6 is 0 Å². The van der Waals surface area contributed by atoms with Gasteiger partial charge in [-0.2, -0.15) is 0 Å². The normalized spacial score (nSPS) is 17.9. The molecule has 0 fully saturated rings. The molecule has 21 heavy (non-hydrogen) atoms. The number of allylic oxidation sites excluding steroid dienone is 1. The number of fused-ring (bicyclic) bond motifs is 2. The molecule has 0 spiro atoms. The zero-order valence-corrected chi connectivity index (χ0v) is 11.6. The third-order valence-electron chi connectivity index (χ3n) is 4.84. The second-order valence-electron chi connectivity index (χ2n) is 5.87. The quantitative estimate of drug-likeness (QED) is 0.513. The fourth-order valence-corrected chi connectivity index (χ4v) is 3.90. The lowest BCUT2D eigenvalue weighted by Crippen LogP contribution is -2.13. The maximum atomic E-state index is 4.37. The van der Waals surface area contributed by atoms with E-state index in [2.05, 4.69) is 73.3 Å². The molecule has 0 aliphatic heterocycles. The van der Waals surface area contributed by atoms with Crippen molar-refractivity contribution in [2.45, 2.75) is 5.92 Å². The molecule has 3 aromatic rings. The van der Waals surface area contributed by atoms with Crippen molar-refractivity contribution in [1.29, 1.82) is 0 Å². The van der Waals surface area contributed by atoms with Crippen LogP contribution < -0.4 is 0 Å². The molecule has 0 amide bonds. The number of benzene rings is 3. The second kappa shape index (κ2) is 3.73. The Morgan fingerprint density at radius 1 is 0.810 bits per heavy atom. The second-order valence-corrected chi connectivity index (χ2v) is 5.87. The molecule has 0 heterocycles. The first kappa shape index (κ1) is 11.1. The summed E-state index contributed by atoms with van der Waals surface area (Å²) in [7, 11) is 0.